The van der Waals surface area contributed by atoms with Crippen LogP contribution >= 0.6 is 12.2 Å². The predicted octanol–water partition coefficient (Wildman–Crippen LogP) is 3.47. The van der Waals surface area contributed by atoms with E-state index in [9.17, 15) is 8.42 Å². The van der Waals surface area contributed by atoms with Gasteiger partial charge in [0.25, 0.3) is 0 Å². The molecule has 0 aliphatic rings. The zero-order valence-corrected chi connectivity index (χ0v) is 13.5. The van der Waals surface area contributed by atoms with E-state index in [4.69, 9.17) is 17.0 Å². The second-order valence-electron chi connectivity index (χ2n) is 4.57. The van der Waals surface area contributed by atoms with E-state index in [2.05, 4.69) is 0 Å². The minimum Gasteiger partial charge on any atom is -0.483 e. The van der Waals surface area contributed by atoms with Crippen LogP contribution in [0.5, 0.6) is 0 Å². The molecule has 0 heterocycles. The first kappa shape index (κ1) is 15.7. The van der Waals surface area contributed by atoms with Crippen molar-refractivity contribution in [2.24, 2.45) is 0 Å². The molecule has 0 radical (unpaired) electrons. The van der Waals surface area contributed by atoms with Gasteiger partial charge in [-0.1, -0.05) is 30.3 Å². The molecular formula is C16H16O3S2. The lowest BCUT2D eigenvalue weighted by Crippen LogP contribution is -2.07. The first-order valence-electron chi connectivity index (χ1n) is 6.50. The number of sulfone groups is 1. The molecule has 3 nitrogen and oxygen atoms in total. The molecule has 2 aromatic rings. The SMILES string of the molecule is CCOC(=S)c1ccc(S(C)(=O)=O)cc1-c1ccccc1. The highest BCUT2D eigenvalue weighted by Crippen LogP contribution is 2.27. The number of hydrogen-bond donors (Lipinski definition) is 0. The Morgan fingerprint density at radius 1 is 1.14 bits per heavy atom. The Morgan fingerprint density at radius 2 is 1.81 bits per heavy atom. The summed E-state index contributed by atoms with van der Waals surface area (Å²) in [6.07, 6.45) is 1.19. The van der Waals surface area contributed by atoms with Crippen LogP contribution in [0.15, 0.2) is 53.4 Å². The Morgan fingerprint density at radius 3 is 2.38 bits per heavy atom. The average Bonchev–Trinajstić information content (AvgIpc) is 2.47. The van der Waals surface area contributed by atoms with E-state index >= 15 is 0 Å². The lowest BCUT2D eigenvalue weighted by atomic mass is 10.0. The lowest BCUT2D eigenvalue weighted by Gasteiger charge is -2.13. The van der Waals surface area contributed by atoms with Gasteiger partial charge < -0.3 is 4.74 Å². The number of benzene rings is 2. The third kappa shape index (κ3) is 3.68. The second kappa shape index (κ2) is 6.37. The summed E-state index contributed by atoms with van der Waals surface area (Å²) in [7, 11) is -3.27. The summed E-state index contributed by atoms with van der Waals surface area (Å²) < 4.78 is 28.9. The van der Waals surface area contributed by atoms with Gasteiger partial charge in [-0.05, 0) is 48.5 Å². The zero-order chi connectivity index (χ0) is 15.5. The smallest absolute Gasteiger partial charge is 0.191 e. The zero-order valence-electron chi connectivity index (χ0n) is 11.9. The number of ether oxygens (including phenoxy) is 1. The topological polar surface area (TPSA) is 43.4 Å². The maximum absolute atomic E-state index is 11.8. The molecule has 0 unspecified atom stereocenters. The van der Waals surface area contributed by atoms with E-state index in [0.717, 1.165) is 16.7 Å². The van der Waals surface area contributed by atoms with Gasteiger partial charge in [0.1, 0.15) is 0 Å². The minimum atomic E-state index is -3.27. The van der Waals surface area contributed by atoms with Gasteiger partial charge in [0, 0.05) is 11.8 Å². The van der Waals surface area contributed by atoms with Crippen LogP contribution in [-0.4, -0.2) is 26.3 Å². The van der Waals surface area contributed by atoms with Gasteiger partial charge in [-0.25, -0.2) is 8.42 Å². The maximum atomic E-state index is 11.8. The van der Waals surface area contributed by atoms with Crippen LogP contribution in [-0.2, 0) is 14.6 Å². The highest BCUT2D eigenvalue weighted by atomic mass is 32.2. The van der Waals surface area contributed by atoms with Crippen molar-refractivity contribution in [1.29, 1.82) is 0 Å². The molecule has 0 bridgehead atoms. The molecule has 5 heteroatoms. The Hall–Kier alpha value is -1.72. The van der Waals surface area contributed by atoms with Crippen molar-refractivity contribution < 1.29 is 13.2 Å². The summed E-state index contributed by atoms with van der Waals surface area (Å²) in [4.78, 5) is 0.268. The van der Waals surface area contributed by atoms with Crippen LogP contribution in [0.3, 0.4) is 0 Å². The van der Waals surface area contributed by atoms with Crippen molar-refractivity contribution >= 4 is 27.1 Å². The van der Waals surface area contributed by atoms with Crippen molar-refractivity contribution in [3.63, 3.8) is 0 Å². The van der Waals surface area contributed by atoms with Gasteiger partial charge in [-0.15, -0.1) is 0 Å². The largest absolute Gasteiger partial charge is 0.483 e. The van der Waals surface area contributed by atoms with Crippen LogP contribution in [0.4, 0.5) is 0 Å². The summed E-state index contributed by atoms with van der Waals surface area (Å²) in [5.41, 5.74) is 2.39. The fourth-order valence-electron chi connectivity index (χ4n) is 2.00. The lowest BCUT2D eigenvalue weighted by molar-refractivity contribution is 0.338. The van der Waals surface area contributed by atoms with Gasteiger partial charge in [-0.3, -0.25) is 0 Å². The first-order chi connectivity index (χ1) is 9.93. The standard InChI is InChI=1S/C16H16O3S2/c1-3-19-16(20)14-10-9-13(21(2,17)18)11-15(14)12-7-5-4-6-8-12/h4-11H,3H2,1-2H3. The molecule has 21 heavy (non-hydrogen) atoms. The fraction of sp³-hybridized carbons (Fsp3) is 0.188. The van der Waals surface area contributed by atoms with E-state index in [-0.39, 0.29) is 4.90 Å². The van der Waals surface area contributed by atoms with Crippen LogP contribution in [0.25, 0.3) is 11.1 Å². The third-order valence-electron chi connectivity index (χ3n) is 3.00. The molecule has 0 aliphatic heterocycles. The molecule has 0 atom stereocenters. The molecule has 0 aromatic heterocycles. The molecule has 2 rings (SSSR count). The molecule has 0 saturated carbocycles. The maximum Gasteiger partial charge on any atom is 0.191 e. The summed E-state index contributed by atoms with van der Waals surface area (Å²) in [5, 5.41) is 0.372. The Kier molecular flexibility index (Phi) is 4.75. The Bertz CT molecular complexity index is 750. The molecular weight excluding hydrogens is 304 g/mol. The molecule has 2 aromatic carbocycles. The van der Waals surface area contributed by atoms with Crippen LogP contribution in [0.2, 0.25) is 0 Å². The van der Waals surface area contributed by atoms with E-state index in [1.54, 1.807) is 18.2 Å². The molecule has 110 valence electrons. The first-order valence-corrected chi connectivity index (χ1v) is 8.80. The number of thiocarbonyl (C=S) groups is 1. The summed E-state index contributed by atoms with van der Waals surface area (Å²) in [5.74, 6) is 0. The van der Waals surface area contributed by atoms with Crippen molar-refractivity contribution in [2.45, 2.75) is 11.8 Å². The number of hydrogen-bond acceptors (Lipinski definition) is 4. The number of rotatable bonds is 4. The molecule has 0 fully saturated rings. The molecule has 0 saturated heterocycles. The quantitative estimate of drug-likeness (QED) is 0.809. The van der Waals surface area contributed by atoms with Crippen molar-refractivity contribution in [2.75, 3.05) is 12.9 Å². The highest BCUT2D eigenvalue weighted by molar-refractivity contribution is 7.90. The third-order valence-corrected chi connectivity index (χ3v) is 4.45. The molecule has 0 N–H and O–H groups in total. The monoisotopic (exact) mass is 320 g/mol. The van der Waals surface area contributed by atoms with E-state index < -0.39 is 9.84 Å². The van der Waals surface area contributed by atoms with Crippen LogP contribution in [0.1, 0.15) is 12.5 Å². The van der Waals surface area contributed by atoms with Gasteiger partial charge >= 0.3 is 0 Å². The predicted molar refractivity (Wildman–Crippen MR) is 88.3 cm³/mol. The summed E-state index contributed by atoms with van der Waals surface area (Å²) >= 11 is 5.27. The summed E-state index contributed by atoms with van der Waals surface area (Å²) in [6.45, 7) is 2.33. The Labute approximate surface area is 130 Å². The van der Waals surface area contributed by atoms with E-state index in [1.165, 1.54) is 6.26 Å². The molecule has 0 amide bonds. The van der Waals surface area contributed by atoms with Gasteiger partial charge in [-0.2, -0.15) is 0 Å². The van der Waals surface area contributed by atoms with Crippen molar-refractivity contribution in [3.05, 3.63) is 54.1 Å². The minimum absolute atomic E-state index is 0.268. The molecule has 0 spiro atoms. The Balaban J connectivity index is 2.64. The second-order valence-corrected chi connectivity index (χ2v) is 6.95. The summed E-state index contributed by atoms with van der Waals surface area (Å²) in [6, 6.07) is 14.4. The highest BCUT2D eigenvalue weighted by Gasteiger charge is 2.15. The van der Waals surface area contributed by atoms with Crippen LogP contribution < -0.4 is 0 Å². The van der Waals surface area contributed by atoms with Gasteiger partial charge in [0.15, 0.2) is 14.9 Å². The fourth-order valence-corrected chi connectivity index (χ4v) is 2.94. The van der Waals surface area contributed by atoms with Crippen molar-refractivity contribution in [3.8, 4) is 11.1 Å². The van der Waals surface area contributed by atoms with E-state index in [1.807, 2.05) is 37.3 Å². The van der Waals surface area contributed by atoms with Gasteiger partial charge in [0.05, 0.1) is 11.5 Å². The van der Waals surface area contributed by atoms with Crippen molar-refractivity contribution in [1.82, 2.24) is 0 Å². The van der Waals surface area contributed by atoms with Gasteiger partial charge in [0.2, 0.25) is 0 Å². The van der Waals surface area contributed by atoms with E-state index in [0.29, 0.717) is 11.7 Å². The normalized spacial score (nSPS) is 11.1. The average molecular weight is 320 g/mol. The van der Waals surface area contributed by atoms with Crippen LogP contribution in [0, 0.1) is 0 Å². The molecule has 0 aliphatic carbocycles.